The Balaban J connectivity index is 2.07. The van der Waals surface area contributed by atoms with E-state index in [0.29, 0.717) is 12.1 Å². The second-order valence-electron chi connectivity index (χ2n) is 4.99. The number of hydrogen-bond donors (Lipinski definition) is 2. The number of nitrogens with one attached hydrogen (secondary N) is 2. The zero-order chi connectivity index (χ0) is 13.7. The van der Waals surface area contributed by atoms with E-state index in [1.807, 2.05) is 6.07 Å². The number of rotatable bonds is 5. The minimum absolute atomic E-state index is 0.326. The van der Waals surface area contributed by atoms with Crippen LogP contribution in [0.25, 0.3) is 0 Å². The molecule has 0 spiro atoms. The monoisotopic (exact) mass is 264 g/mol. The van der Waals surface area contributed by atoms with E-state index in [9.17, 15) is 0 Å². The molecule has 0 saturated carbocycles. The Labute approximate surface area is 115 Å². The molecule has 5 nitrogen and oxygen atoms in total. The molecule has 5 heteroatoms. The van der Waals surface area contributed by atoms with Crippen LogP contribution in [0.2, 0.25) is 0 Å². The molecule has 1 fully saturated rings. The van der Waals surface area contributed by atoms with Crippen LogP contribution in [-0.4, -0.2) is 35.3 Å². The van der Waals surface area contributed by atoms with E-state index in [1.165, 1.54) is 0 Å². The third-order valence-electron chi connectivity index (χ3n) is 3.28. The predicted octanol–water partition coefficient (Wildman–Crippen LogP) is 2.45. The Morgan fingerprint density at radius 2 is 2.11 bits per heavy atom. The fourth-order valence-electron chi connectivity index (χ4n) is 2.34. The van der Waals surface area contributed by atoms with Gasteiger partial charge in [-0.05, 0) is 26.7 Å². The second kappa shape index (κ2) is 6.70. The molecule has 106 valence electrons. The van der Waals surface area contributed by atoms with Crippen molar-refractivity contribution in [2.75, 3.05) is 23.8 Å². The van der Waals surface area contributed by atoms with Crippen molar-refractivity contribution in [3.63, 3.8) is 0 Å². The Kier molecular flexibility index (Phi) is 4.96. The fourth-order valence-corrected chi connectivity index (χ4v) is 2.34. The van der Waals surface area contributed by atoms with E-state index >= 15 is 0 Å². The second-order valence-corrected chi connectivity index (χ2v) is 4.99. The highest BCUT2D eigenvalue weighted by Crippen LogP contribution is 2.19. The van der Waals surface area contributed by atoms with E-state index in [-0.39, 0.29) is 0 Å². The number of anilines is 2. The molecular weight excluding hydrogens is 240 g/mol. The van der Waals surface area contributed by atoms with Crippen molar-refractivity contribution in [1.82, 2.24) is 9.97 Å². The molecule has 0 radical (unpaired) electrons. The van der Waals surface area contributed by atoms with E-state index in [4.69, 9.17) is 4.74 Å². The summed E-state index contributed by atoms with van der Waals surface area (Å²) in [6.07, 6.45) is 3.24. The van der Waals surface area contributed by atoms with Crippen molar-refractivity contribution in [2.24, 2.45) is 0 Å². The van der Waals surface area contributed by atoms with E-state index < -0.39 is 0 Å². The SMILES string of the molecule is CCNc1cc(NC2CCOC(C)C2)nc(CC)n1. The predicted molar refractivity (Wildman–Crippen MR) is 77.6 cm³/mol. The third-order valence-corrected chi connectivity index (χ3v) is 3.28. The van der Waals surface area contributed by atoms with Crippen LogP contribution in [0.1, 0.15) is 39.4 Å². The van der Waals surface area contributed by atoms with E-state index in [0.717, 1.165) is 49.9 Å². The van der Waals surface area contributed by atoms with Gasteiger partial charge < -0.3 is 15.4 Å². The van der Waals surface area contributed by atoms with Crippen molar-refractivity contribution in [3.8, 4) is 0 Å². The zero-order valence-electron chi connectivity index (χ0n) is 12.1. The van der Waals surface area contributed by atoms with Crippen LogP contribution in [0.3, 0.4) is 0 Å². The van der Waals surface area contributed by atoms with Gasteiger partial charge in [0.1, 0.15) is 17.5 Å². The lowest BCUT2D eigenvalue weighted by atomic mass is 10.0. The first-order valence-electron chi connectivity index (χ1n) is 7.21. The van der Waals surface area contributed by atoms with E-state index in [2.05, 4.69) is 41.4 Å². The summed E-state index contributed by atoms with van der Waals surface area (Å²) >= 11 is 0. The van der Waals surface area contributed by atoms with Crippen LogP contribution in [0.15, 0.2) is 6.07 Å². The van der Waals surface area contributed by atoms with Gasteiger partial charge in [0.15, 0.2) is 0 Å². The molecule has 2 unspecified atom stereocenters. The summed E-state index contributed by atoms with van der Waals surface area (Å²) in [5.41, 5.74) is 0. The van der Waals surface area contributed by atoms with Gasteiger partial charge in [-0.25, -0.2) is 9.97 Å². The Bertz CT molecular complexity index is 410. The first-order valence-corrected chi connectivity index (χ1v) is 7.21. The minimum atomic E-state index is 0.326. The van der Waals surface area contributed by atoms with Gasteiger partial charge in [0, 0.05) is 31.7 Å². The quantitative estimate of drug-likeness (QED) is 0.855. The molecule has 2 N–H and O–H groups in total. The maximum atomic E-state index is 5.57. The highest BCUT2D eigenvalue weighted by Gasteiger charge is 2.19. The van der Waals surface area contributed by atoms with Crippen LogP contribution in [0, 0.1) is 0 Å². The summed E-state index contributed by atoms with van der Waals surface area (Å²) in [7, 11) is 0. The molecule has 2 rings (SSSR count). The van der Waals surface area contributed by atoms with Gasteiger partial charge in [-0.1, -0.05) is 6.92 Å². The lowest BCUT2D eigenvalue weighted by Crippen LogP contribution is -2.32. The number of hydrogen-bond acceptors (Lipinski definition) is 5. The summed E-state index contributed by atoms with van der Waals surface area (Å²) < 4.78 is 5.57. The van der Waals surface area contributed by atoms with Gasteiger partial charge in [0.05, 0.1) is 6.10 Å². The van der Waals surface area contributed by atoms with Crippen LogP contribution >= 0.6 is 0 Å². The molecule has 2 atom stereocenters. The number of aromatic nitrogens is 2. The highest BCUT2D eigenvalue weighted by atomic mass is 16.5. The first-order chi connectivity index (χ1) is 9.21. The molecule has 1 aliphatic rings. The number of nitrogens with zero attached hydrogens (tertiary/aromatic N) is 2. The summed E-state index contributed by atoms with van der Waals surface area (Å²) in [6.45, 7) is 7.96. The smallest absolute Gasteiger partial charge is 0.132 e. The van der Waals surface area contributed by atoms with Gasteiger partial charge in [-0.3, -0.25) is 0 Å². The van der Waals surface area contributed by atoms with Gasteiger partial charge in [-0.2, -0.15) is 0 Å². The normalized spacial score (nSPS) is 23.1. The van der Waals surface area contributed by atoms with Crippen molar-refractivity contribution < 1.29 is 4.74 Å². The van der Waals surface area contributed by atoms with Crippen molar-refractivity contribution in [1.29, 1.82) is 0 Å². The molecule has 1 aromatic rings. The Morgan fingerprint density at radius 3 is 2.79 bits per heavy atom. The molecule has 1 saturated heterocycles. The van der Waals surface area contributed by atoms with Gasteiger partial charge >= 0.3 is 0 Å². The molecule has 2 heterocycles. The van der Waals surface area contributed by atoms with Crippen LogP contribution in [0.5, 0.6) is 0 Å². The maximum Gasteiger partial charge on any atom is 0.132 e. The van der Waals surface area contributed by atoms with Gasteiger partial charge in [0.25, 0.3) is 0 Å². The average Bonchev–Trinajstić information content (AvgIpc) is 2.39. The van der Waals surface area contributed by atoms with Crippen molar-refractivity contribution in [2.45, 2.75) is 52.2 Å². The maximum absolute atomic E-state index is 5.57. The summed E-state index contributed by atoms with van der Waals surface area (Å²) in [4.78, 5) is 9.01. The van der Waals surface area contributed by atoms with Crippen LogP contribution < -0.4 is 10.6 Å². The molecule has 1 aromatic heterocycles. The highest BCUT2D eigenvalue weighted by molar-refractivity contribution is 5.48. The summed E-state index contributed by atoms with van der Waals surface area (Å²) in [5.74, 6) is 2.69. The lowest BCUT2D eigenvalue weighted by Gasteiger charge is -2.28. The van der Waals surface area contributed by atoms with Crippen molar-refractivity contribution in [3.05, 3.63) is 11.9 Å². The number of ether oxygens (including phenoxy) is 1. The van der Waals surface area contributed by atoms with Gasteiger partial charge in [-0.15, -0.1) is 0 Å². The molecule has 0 aliphatic carbocycles. The van der Waals surface area contributed by atoms with Crippen LogP contribution in [-0.2, 0) is 11.2 Å². The topological polar surface area (TPSA) is 59.1 Å². The Morgan fingerprint density at radius 1 is 1.32 bits per heavy atom. The Hall–Kier alpha value is -1.36. The van der Waals surface area contributed by atoms with Gasteiger partial charge in [0.2, 0.25) is 0 Å². The van der Waals surface area contributed by atoms with Crippen LogP contribution in [0.4, 0.5) is 11.6 Å². The molecular formula is C14H24N4O. The summed E-state index contributed by atoms with van der Waals surface area (Å²) in [5, 5.41) is 6.77. The largest absolute Gasteiger partial charge is 0.378 e. The standard InChI is InChI=1S/C14H24N4O/c1-4-12-17-13(15-5-2)9-14(18-12)16-11-6-7-19-10(3)8-11/h9-11H,4-8H2,1-3H3,(H2,15,16,17,18). The number of aryl methyl sites for hydroxylation is 1. The summed E-state index contributed by atoms with van der Waals surface area (Å²) in [6, 6.07) is 2.43. The zero-order valence-corrected chi connectivity index (χ0v) is 12.1. The van der Waals surface area contributed by atoms with Crippen molar-refractivity contribution >= 4 is 11.6 Å². The molecule has 0 aromatic carbocycles. The molecule has 0 bridgehead atoms. The molecule has 19 heavy (non-hydrogen) atoms. The minimum Gasteiger partial charge on any atom is -0.378 e. The third kappa shape index (κ3) is 4.06. The fraction of sp³-hybridized carbons (Fsp3) is 0.714. The van der Waals surface area contributed by atoms with E-state index in [1.54, 1.807) is 0 Å². The average molecular weight is 264 g/mol. The molecule has 0 amide bonds. The first kappa shape index (κ1) is 14.1. The lowest BCUT2D eigenvalue weighted by molar-refractivity contribution is 0.0232. The molecule has 1 aliphatic heterocycles.